The Morgan fingerprint density at radius 3 is 2.75 bits per heavy atom. The van der Waals surface area contributed by atoms with Crippen molar-refractivity contribution in [3.63, 3.8) is 0 Å². The molecule has 1 N–H and O–H groups in total. The molecule has 20 heavy (non-hydrogen) atoms. The minimum Gasteiger partial charge on any atom is -0.315 e. The van der Waals surface area contributed by atoms with Gasteiger partial charge in [0.05, 0.1) is 0 Å². The first kappa shape index (κ1) is 14.1. The van der Waals surface area contributed by atoms with Crippen molar-refractivity contribution in [3.8, 4) is 0 Å². The molecule has 2 atom stereocenters. The van der Waals surface area contributed by atoms with Crippen LogP contribution in [0.2, 0.25) is 0 Å². The molecule has 3 rings (SSSR count). The summed E-state index contributed by atoms with van der Waals surface area (Å²) in [6.07, 6.45) is 2.65. The standard InChI is InChI=1S/C17H27N3/c1-2-20(16-8-10-18-12-16)17-9-11-19(14-17)13-15-6-4-3-5-7-15/h3-7,16-18H,2,8-14H2,1H3. The number of nitrogens with zero attached hydrogens (tertiary/aromatic N) is 2. The summed E-state index contributed by atoms with van der Waals surface area (Å²) in [5.41, 5.74) is 1.44. The van der Waals surface area contributed by atoms with E-state index in [4.69, 9.17) is 0 Å². The zero-order valence-electron chi connectivity index (χ0n) is 12.6. The van der Waals surface area contributed by atoms with Crippen LogP contribution in [0.25, 0.3) is 0 Å². The Kier molecular flexibility index (Phi) is 4.71. The van der Waals surface area contributed by atoms with E-state index in [1.54, 1.807) is 0 Å². The van der Waals surface area contributed by atoms with E-state index in [0.29, 0.717) is 0 Å². The van der Waals surface area contributed by atoms with E-state index in [9.17, 15) is 0 Å². The highest BCUT2D eigenvalue weighted by atomic mass is 15.3. The van der Waals surface area contributed by atoms with Crippen molar-refractivity contribution >= 4 is 0 Å². The normalized spacial score (nSPS) is 27.5. The molecule has 2 heterocycles. The van der Waals surface area contributed by atoms with Crippen LogP contribution >= 0.6 is 0 Å². The zero-order chi connectivity index (χ0) is 13.8. The highest BCUT2D eigenvalue weighted by Gasteiger charge is 2.32. The van der Waals surface area contributed by atoms with E-state index in [-0.39, 0.29) is 0 Å². The summed E-state index contributed by atoms with van der Waals surface area (Å²) in [4.78, 5) is 5.36. The van der Waals surface area contributed by atoms with E-state index in [2.05, 4.69) is 52.4 Å². The first-order chi connectivity index (χ1) is 9.86. The van der Waals surface area contributed by atoms with Gasteiger partial charge in [0.1, 0.15) is 0 Å². The zero-order valence-corrected chi connectivity index (χ0v) is 12.6. The maximum absolute atomic E-state index is 3.51. The number of hydrogen-bond donors (Lipinski definition) is 1. The molecule has 0 radical (unpaired) electrons. The van der Waals surface area contributed by atoms with E-state index in [0.717, 1.165) is 18.6 Å². The predicted molar refractivity (Wildman–Crippen MR) is 83.8 cm³/mol. The van der Waals surface area contributed by atoms with E-state index in [1.165, 1.54) is 51.1 Å². The monoisotopic (exact) mass is 273 g/mol. The van der Waals surface area contributed by atoms with E-state index in [1.807, 2.05) is 0 Å². The number of nitrogens with one attached hydrogen (secondary N) is 1. The number of likely N-dealkylation sites (N-methyl/N-ethyl adjacent to an activating group) is 1. The van der Waals surface area contributed by atoms with Gasteiger partial charge >= 0.3 is 0 Å². The fourth-order valence-corrected chi connectivity index (χ4v) is 3.81. The summed E-state index contributed by atoms with van der Waals surface area (Å²) in [6.45, 7) is 9.48. The van der Waals surface area contributed by atoms with Gasteiger partial charge in [-0.3, -0.25) is 9.80 Å². The van der Waals surface area contributed by atoms with Crippen molar-refractivity contribution in [3.05, 3.63) is 35.9 Å². The summed E-state index contributed by atoms with van der Waals surface area (Å²) < 4.78 is 0. The third kappa shape index (κ3) is 3.22. The topological polar surface area (TPSA) is 18.5 Å². The Balaban J connectivity index is 1.55. The van der Waals surface area contributed by atoms with Gasteiger partial charge < -0.3 is 5.32 Å². The summed E-state index contributed by atoms with van der Waals surface area (Å²) in [6, 6.07) is 12.4. The molecule has 2 aliphatic heterocycles. The lowest BCUT2D eigenvalue weighted by Gasteiger charge is -2.33. The Hall–Kier alpha value is -0.900. The van der Waals surface area contributed by atoms with Crippen molar-refractivity contribution in [1.82, 2.24) is 15.1 Å². The van der Waals surface area contributed by atoms with Gasteiger partial charge in [0.2, 0.25) is 0 Å². The number of likely N-dealkylation sites (tertiary alicyclic amines) is 1. The van der Waals surface area contributed by atoms with Gasteiger partial charge in [-0.25, -0.2) is 0 Å². The Morgan fingerprint density at radius 1 is 1.20 bits per heavy atom. The van der Waals surface area contributed by atoms with Crippen molar-refractivity contribution in [2.75, 3.05) is 32.7 Å². The minimum atomic E-state index is 0.758. The van der Waals surface area contributed by atoms with Crippen LogP contribution < -0.4 is 5.32 Å². The van der Waals surface area contributed by atoms with E-state index < -0.39 is 0 Å². The van der Waals surface area contributed by atoms with Crippen LogP contribution in [0.1, 0.15) is 25.3 Å². The van der Waals surface area contributed by atoms with Gasteiger partial charge in [-0.2, -0.15) is 0 Å². The van der Waals surface area contributed by atoms with Crippen molar-refractivity contribution in [2.45, 2.75) is 38.4 Å². The highest BCUT2D eigenvalue weighted by Crippen LogP contribution is 2.21. The molecule has 0 saturated carbocycles. The second-order valence-corrected chi connectivity index (χ2v) is 6.14. The van der Waals surface area contributed by atoms with Crippen LogP contribution in [0, 0.1) is 0 Å². The SMILES string of the molecule is CCN(C1CCNC1)C1CCN(Cc2ccccc2)C1. The predicted octanol–water partition coefficient (Wildman–Crippen LogP) is 1.94. The number of rotatable bonds is 5. The molecular formula is C17H27N3. The van der Waals surface area contributed by atoms with Crippen molar-refractivity contribution < 1.29 is 0 Å². The molecule has 2 fully saturated rings. The maximum Gasteiger partial charge on any atom is 0.0238 e. The summed E-state index contributed by atoms with van der Waals surface area (Å²) in [5, 5.41) is 3.51. The lowest BCUT2D eigenvalue weighted by molar-refractivity contribution is 0.150. The molecule has 3 nitrogen and oxygen atoms in total. The molecular weight excluding hydrogens is 246 g/mol. The van der Waals surface area contributed by atoms with Crippen LogP contribution in [0.5, 0.6) is 0 Å². The van der Waals surface area contributed by atoms with Crippen LogP contribution in [0.15, 0.2) is 30.3 Å². The molecule has 0 aromatic heterocycles. The molecule has 1 aromatic carbocycles. The van der Waals surface area contributed by atoms with Crippen LogP contribution in [-0.4, -0.2) is 54.6 Å². The highest BCUT2D eigenvalue weighted by molar-refractivity contribution is 5.14. The Bertz CT molecular complexity index is 400. The third-order valence-electron chi connectivity index (χ3n) is 4.83. The van der Waals surface area contributed by atoms with Gasteiger partial charge in [0.15, 0.2) is 0 Å². The molecule has 3 heteroatoms. The largest absolute Gasteiger partial charge is 0.315 e. The van der Waals surface area contributed by atoms with Crippen molar-refractivity contribution in [1.29, 1.82) is 0 Å². The van der Waals surface area contributed by atoms with Gasteiger partial charge in [-0.1, -0.05) is 37.3 Å². The summed E-state index contributed by atoms with van der Waals surface area (Å²) in [5.74, 6) is 0. The summed E-state index contributed by atoms with van der Waals surface area (Å²) in [7, 11) is 0. The Morgan fingerprint density at radius 2 is 2.05 bits per heavy atom. The molecule has 0 aliphatic carbocycles. The van der Waals surface area contributed by atoms with Crippen LogP contribution in [-0.2, 0) is 6.54 Å². The lowest BCUT2D eigenvalue weighted by atomic mass is 10.1. The summed E-state index contributed by atoms with van der Waals surface area (Å²) >= 11 is 0. The average Bonchev–Trinajstić information content (AvgIpc) is 3.14. The van der Waals surface area contributed by atoms with Gasteiger partial charge in [-0.15, -0.1) is 0 Å². The van der Waals surface area contributed by atoms with Gasteiger partial charge in [0.25, 0.3) is 0 Å². The van der Waals surface area contributed by atoms with Crippen LogP contribution in [0.4, 0.5) is 0 Å². The third-order valence-corrected chi connectivity index (χ3v) is 4.83. The fourth-order valence-electron chi connectivity index (χ4n) is 3.81. The first-order valence-electron chi connectivity index (χ1n) is 8.09. The maximum atomic E-state index is 3.51. The van der Waals surface area contributed by atoms with Gasteiger partial charge in [0, 0.05) is 38.3 Å². The smallest absolute Gasteiger partial charge is 0.0238 e. The molecule has 0 bridgehead atoms. The molecule has 0 amide bonds. The molecule has 1 aromatic rings. The number of benzene rings is 1. The molecule has 2 aliphatic rings. The second kappa shape index (κ2) is 6.70. The molecule has 0 spiro atoms. The number of hydrogen-bond acceptors (Lipinski definition) is 3. The molecule has 2 saturated heterocycles. The van der Waals surface area contributed by atoms with Gasteiger partial charge in [-0.05, 0) is 31.5 Å². The van der Waals surface area contributed by atoms with E-state index >= 15 is 0 Å². The van der Waals surface area contributed by atoms with Crippen LogP contribution in [0.3, 0.4) is 0 Å². The second-order valence-electron chi connectivity index (χ2n) is 6.14. The minimum absolute atomic E-state index is 0.758. The van der Waals surface area contributed by atoms with Crippen molar-refractivity contribution in [2.24, 2.45) is 0 Å². The first-order valence-corrected chi connectivity index (χ1v) is 8.09. The fraction of sp³-hybridized carbons (Fsp3) is 0.647. The average molecular weight is 273 g/mol. The quantitative estimate of drug-likeness (QED) is 0.884. The molecule has 2 unspecified atom stereocenters. The lowest BCUT2D eigenvalue weighted by Crippen LogP contribution is -2.45. The molecule has 110 valence electrons. The Labute approximate surface area is 123 Å².